The average molecular weight is 399 g/mol. The molecule has 0 aromatic heterocycles. The number of amides is 1. The van der Waals surface area contributed by atoms with Crippen LogP contribution in [0.15, 0.2) is 41.5 Å². The predicted octanol–water partition coefficient (Wildman–Crippen LogP) is 3.84. The van der Waals surface area contributed by atoms with Gasteiger partial charge in [-0.2, -0.15) is 0 Å². The van der Waals surface area contributed by atoms with Gasteiger partial charge in [-0.05, 0) is 74.5 Å². The standard InChI is InChI=1S/C24H34N2O3/c1-25(15-11-19-9-10-22(28-2)23(17-19)29-3)13-6-14-26-16-12-20-7-4-5-8-21(20)18-24(26)27/h7-10,17H,4-6,11-16,18H2,1-3H3. The smallest absolute Gasteiger partial charge is 0.226 e. The predicted molar refractivity (Wildman–Crippen MR) is 117 cm³/mol. The molecule has 1 amide bonds. The first-order valence-electron chi connectivity index (χ1n) is 10.7. The molecule has 1 aromatic rings. The summed E-state index contributed by atoms with van der Waals surface area (Å²) in [5.74, 6) is 1.82. The third-order valence-corrected chi connectivity index (χ3v) is 5.90. The first-order valence-corrected chi connectivity index (χ1v) is 10.7. The van der Waals surface area contributed by atoms with Crippen LogP contribution in [0, 0.1) is 0 Å². The van der Waals surface area contributed by atoms with Crippen LogP contribution >= 0.6 is 0 Å². The number of allylic oxidation sites excluding steroid dienone is 2. The summed E-state index contributed by atoms with van der Waals surface area (Å²) >= 11 is 0. The molecular weight excluding hydrogens is 364 g/mol. The molecule has 0 unspecified atom stereocenters. The Morgan fingerprint density at radius 3 is 2.55 bits per heavy atom. The van der Waals surface area contributed by atoms with Crippen LogP contribution in [-0.4, -0.2) is 63.2 Å². The second-order valence-corrected chi connectivity index (χ2v) is 7.94. The van der Waals surface area contributed by atoms with E-state index < -0.39 is 0 Å². The zero-order chi connectivity index (χ0) is 20.6. The number of rotatable bonds is 9. The highest BCUT2D eigenvalue weighted by Crippen LogP contribution is 2.29. The molecule has 1 aliphatic carbocycles. The van der Waals surface area contributed by atoms with Crippen LogP contribution in [0.3, 0.4) is 0 Å². The fourth-order valence-corrected chi connectivity index (χ4v) is 4.12. The molecule has 0 N–H and O–H groups in total. The van der Waals surface area contributed by atoms with Crippen molar-refractivity contribution in [2.24, 2.45) is 0 Å². The summed E-state index contributed by atoms with van der Waals surface area (Å²) in [7, 11) is 5.47. The Morgan fingerprint density at radius 1 is 1.03 bits per heavy atom. The van der Waals surface area contributed by atoms with E-state index in [1.165, 1.54) is 16.7 Å². The molecule has 1 aromatic carbocycles. The van der Waals surface area contributed by atoms with Gasteiger partial charge in [0.2, 0.25) is 5.91 Å². The van der Waals surface area contributed by atoms with Gasteiger partial charge in [0.05, 0.1) is 20.6 Å². The number of methoxy groups -OCH3 is 2. The van der Waals surface area contributed by atoms with Crippen molar-refractivity contribution in [1.82, 2.24) is 9.80 Å². The summed E-state index contributed by atoms with van der Waals surface area (Å²) < 4.78 is 10.7. The highest BCUT2D eigenvalue weighted by Gasteiger charge is 2.22. The zero-order valence-electron chi connectivity index (χ0n) is 18.1. The number of hydrogen-bond donors (Lipinski definition) is 0. The normalized spacial score (nSPS) is 16.8. The molecule has 0 saturated carbocycles. The van der Waals surface area contributed by atoms with Gasteiger partial charge in [-0.15, -0.1) is 0 Å². The van der Waals surface area contributed by atoms with E-state index in [0.717, 1.165) is 69.8 Å². The Labute approximate surface area is 175 Å². The fourth-order valence-electron chi connectivity index (χ4n) is 4.12. The number of likely N-dealkylation sites (N-methyl/N-ethyl adjacent to an activating group) is 1. The molecule has 29 heavy (non-hydrogen) atoms. The third-order valence-electron chi connectivity index (χ3n) is 5.90. The van der Waals surface area contributed by atoms with E-state index in [1.54, 1.807) is 14.2 Å². The molecule has 0 bridgehead atoms. The van der Waals surface area contributed by atoms with Crippen molar-refractivity contribution < 1.29 is 14.3 Å². The first-order chi connectivity index (χ1) is 14.1. The van der Waals surface area contributed by atoms with Gasteiger partial charge in [0.1, 0.15) is 0 Å². The summed E-state index contributed by atoms with van der Waals surface area (Å²) in [6, 6.07) is 6.10. The summed E-state index contributed by atoms with van der Waals surface area (Å²) in [5, 5.41) is 0. The molecule has 3 rings (SSSR count). The van der Waals surface area contributed by atoms with Gasteiger partial charge in [0, 0.05) is 19.6 Å². The second-order valence-electron chi connectivity index (χ2n) is 7.94. The molecule has 5 heteroatoms. The van der Waals surface area contributed by atoms with Crippen molar-refractivity contribution in [3.05, 3.63) is 47.1 Å². The topological polar surface area (TPSA) is 42.0 Å². The van der Waals surface area contributed by atoms with Crippen LogP contribution in [0.2, 0.25) is 0 Å². The van der Waals surface area contributed by atoms with Gasteiger partial charge in [-0.1, -0.05) is 18.2 Å². The number of fused-ring (bicyclic) bond motifs is 1. The summed E-state index contributed by atoms with van der Waals surface area (Å²) in [5.41, 5.74) is 3.91. The Hall–Kier alpha value is -2.27. The van der Waals surface area contributed by atoms with Crippen LogP contribution in [-0.2, 0) is 11.2 Å². The molecule has 0 radical (unpaired) electrons. The Bertz CT molecular complexity index is 769. The maximum Gasteiger partial charge on any atom is 0.226 e. The number of carbonyl (C=O) groups excluding carboxylic acids is 1. The molecule has 5 nitrogen and oxygen atoms in total. The van der Waals surface area contributed by atoms with E-state index in [1.807, 2.05) is 12.1 Å². The van der Waals surface area contributed by atoms with Gasteiger partial charge in [0.25, 0.3) is 0 Å². The third kappa shape index (κ3) is 5.86. The maximum atomic E-state index is 12.6. The van der Waals surface area contributed by atoms with Crippen molar-refractivity contribution >= 4 is 5.91 Å². The summed E-state index contributed by atoms with van der Waals surface area (Å²) in [4.78, 5) is 17.0. The van der Waals surface area contributed by atoms with E-state index in [-0.39, 0.29) is 5.91 Å². The van der Waals surface area contributed by atoms with Gasteiger partial charge in [-0.25, -0.2) is 0 Å². The first kappa shape index (κ1) is 21.4. The highest BCUT2D eigenvalue weighted by atomic mass is 16.5. The van der Waals surface area contributed by atoms with Crippen molar-refractivity contribution in [2.45, 2.75) is 38.5 Å². The molecule has 2 aliphatic rings. The minimum atomic E-state index is 0.287. The Balaban J connectivity index is 1.42. The number of benzene rings is 1. The summed E-state index contributed by atoms with van der Waals surface area (Å²) in [6.07, 6.45) is 10.4. The number of carbonyl (C=O) groups is 1. The zero-order valence-corrected chi connectivity index (χ0v) is 18.1. The quantitative estimate of drug-likeness (QED) is 0.634. The van der Waals surface area contributed by atoms with Gasteiger partial charge in [0.15, 0.2) is 11.5 Å². The van der Waals surface area contributed by atoms with Crippen LogP contribution in [0.5, 0.6) is 11.5 Å². The van der Waals surface area contributed by atoms with Crippen LogP contribution in [0.1, 0.15) is 37.7 Å². The van der Waals surface area contributed by atoms with Crippen molar-refractivity contribution in [2.75, 3.05) is 47.4 Å². The minimum absolute atomic E-state index is 0.287. The molecule has 0 atom stereocenters. The monoisotopic (exact) mass is 398 g/mol. The second kappa shape index (κ2) is 10.5. The van der Waals surface area contributed by atoms with E-state index >= 15 is 0 Å². The van der Waals surface area contributed by atoms with E-state index in [9.17, 15) is 4.79 Å². The minimum Gasteiger partial charge on any atom is -0.493 e. The largest absolute Gasteiger partial charge is 0.493 e. The Morgan fingerprint density at radius 2 is 1.79 bits per heavy atom. The van der Waals surface area contributed by atoms with E-state index in [4.69, 9.17) is 9.47 Å². The van der Waals surface area contributed by atoms with Crippen LogP contribution in [0.4, 0.5) is 0 Å². The lowest BCUT2D eigenvalue weighted by atomic mass is 9.94. The lowest BCUT2D eigenvalue weighted by Crippen LogP contribution is -2.33. The summed E-state index contributed by atoms with van der Waals surface area (Å²) in [6.45, 7) is 3.67. The highest BCUT2D eigenvalue weighted by molar-refractivity contribution is 5.80. The SMILES string of the molecule is COc1ccc(CCN(C)CCCN2CCC3=CCCC=C3CC2=O)cc1OC. The molecule has 1 aliphatic heterocycles. The number of hydrogen-bond acceptors (Lipinski definition) is 4. The number of nitrogens with zero attached hydrogens (tertiary/aromatic N) is 2. The Kier molecular flexibility index (Phi) is 7.76. The molecule has 1 fully saturated rings. The molecule has 1 saturated heterocycles. The van der Waals surface area contributed by atoms with E-state index in [0.29, 0.717) is 6.42 Å². The van der Waals surface area contributed by atoms with Crippen LogP contribution < -0.4 is 9.47 Å². The van der Waals surface area contributed by atoms with Gasteiger partial charge < -0.3 is 19.3 Å². The molecule has 158 valence electrons. The number of likely N-dealkylation sites (tertiary alicyclic amines) is 1. The lowest BCUT2D eigenvalue weighted by Gasteiger charge is -2.22. The van der Waals surface area contributed by atoms with Crippen molar-refractivity contribution in [3.8, 4) is 11.5 Å². The fraction of sp³-hybridized carbons (Fsp3) is 0.542. The van der Waals surface area contributed by atoms with Crippen molar-refractivity contribution in [1.29, 1.82) is 0 Å². The van der Waals surface area contributed by atoms with Gasteiger partial charge >= 0.3 is 0 Å². The molecule has 0 spiro atoms. The maximum absolute atomic E-state index is 12.6. The number of ether oxygens (including phenoxy) is 2. The van der Waals surface area contributed by atoms with Crippen molar-refractivity contribution in [3.63, 3.8) is 0 Å². The molecule has 1 heterocycles. The lowest BCUT2D eigenvalue weighted by molar-refractivity contribution is -0.130. The average Bonchev–Trinajstić information content (AvgIpc) is 2.90. The van der Waals surface area contributed by atoms with E-state index in [2.05, 4.69) is 35.1 Å². The molecular formula is C24H34N2O3. The van der Waals surface area contributed by atoms with Gasteiger partial charge in [-0.3, -0.25) is 4.79 Å². The van der Waals surface area contributed by atoms with Crippen LogP contribution in [0.25, 0.3) is 0 Å².